The van der Waals surface area contributed by atoms with Gasteiger partial charge in [0.15, 0.2) is 12.4 Å². The number of benzene rings is 2. The Morgan fingerprint density at radius 3 is 2.43 bits per heavy atom. The first-order chi connectivity index (χ1) is 14.4. The Balaban J connectivity index is 1.46. The number of aromatic nitrogens is 2. The third kappa shape index (κ3) is 6.23. The molecule has 0 atom stereocenters. The molecule has 0 spiro atoms. The Kier molecular flexibility index (Phi) is 6.89. The van der Waals surface area contributed by atoms with Crippen molar-refractivity contribution in [2.45, 2.75) is 19.6 Å². The van der Waals surface area contributed by atoms with Crippen LogP contribution in [0.4, 0.5) is 13.2 Å². The van der Waals surface area contributed by atoms with Gasteiger partial charge in [-0.3, -0.25) is 9.32 Å². The summed E-state index contributed by atoms with van der Waals surface area (Å²) in [6.07, 6.45) is 0.175. The minimum absolute atomic E-state index is 0.0406. The number of hydrogen-bond acceptors (Lipinski definition) is 6. The highest BCUT2D eigenvalue weighted by molar-refractivity contribution is 5.77. The molecule has 3 aromatic rings. The largest absolute Gasteiger partial charge is 0.439 e. The molecule has 0 N–H and O–H groups in total. The van der Waals surface area contributed by atoms with Crippen molar-refractivity contribution >= 4 is 5.91 Å². The van der Waals surface area contributed by atoms with E-state index in [0.717, 1.165) is 11.1 Å². The van der Waals surface area contributed by atoms with Gasteiger partial charge in [0.25, 0.3) is 5.91 Å². The molecule has 0 aliphatic rings. The molecule has 0 aliphatic carbocycles. The molecule has 10 heteroatoms. The molecule has 1 amide bonds. The first kappa shape index (κ1) is 21.2. The van der Waals surface area contributed by atoms with E-state index in [1.54, 1.807) is 31.3 Å². The van der Waals surface area contributed by atoms with E-state index in [9.17, 15) is 18.0 Å². The van der Waals surface area contributed by atoms with Crippen molar-refractivity contribution in [1.29, 1.82) is 0 Å². The van der Waals surface area contributed by atoms with Crippen molar-refractivity contribution in [3.8, 4) is 11.8 Å². The molecule has 0 radical (unpaired) electrons. The van der Waals surface area contributed by atoms with E-state index >= 15 is 0 Å². The number of carbonyl (C=O) groups excluding carboxylic acids is 1. The lowest BCUT2D eigenvalue weighted by Crippen LogP contribution is -2.31. The molecule has 3 rings (SSSR count). The first-order valence-electron chi connectivity index (χ1n) is 8.86. The minimum atomic E-state index is -2.89. The summed E-state index contributed by atoms with van der Waals surface area (Å²) in [5.74, 6) is -0.306. The van der Waals surface area contributed by atoms with Gasteiger partial charge in [0.2, 0.25) is 0 Å². The average Bonchev–Trinajstić information content (AvgIpc) is 3.16. The van der Waals surface area contributed by atoms with E-state index < -0.39 is 6.61 Å². The first-order valence-corrected chi connectivity index (χ1v) is 8.86. The molecule has 2 aromatic carbocycles. The Labute approximate surface area is 170 Å². The molecule has 0 saturated carbocycles. The maximum absolute atomic E-state index is 12.9. The molecule has 0 aliphatic heterocycles. The molecule has 0 fully saturated rings. The molecule has 0 saturated heterocycles. The number of likely N-dealkylation sites (N-methyl/N-ethyl adjacent to an activating group) is 1. The van der Waals surface area contributed by atoms with Gasteiger partial charge in [-0.15, -0.1) is 0 Å². The quantitative estimate of drug-likeness (QED) is 0.527. The van der Waals surface area contributed by atoms with E-state index in [2.05, 4.69) is 14.9 Å². The van der Waals surface area contributed by atoms with Gasteiger partial charge in [0.05, 0.1) is 0 Å². The summed E-state index contributed by atoms with van der Waals surface area (Å²) in [7, 11) is 1.57. The second-order valence-electron chi connectivity index (χ2n) is 6.34. The van der Waals surface area contributed by atoms with Crippen molar-refractivity contribution < 1.29 is 32.0 Å². The lowest BCUT2D eigenvalue weighted by atomic mass is 10.1. The number of amides is 1. The van der Waals surface area contributed by atoms with Crippen molar-refractivity contribution in [3.63, 3.8) is 0 Å². The monoisotopic (exact) mass is 421 g/mol. The predicted molar refractivity (Wildman–Crippen MR) is 98.5 cm³/mol. The van der Waals surface area contributed by atoms with Crippen LogP contribution in [0, 0.1) is 5.82 Å². The van der Waals surface area contributed by atoms with Crippen molar-refractivity contribution in [2.24, 2.45) is 0 Å². The number of nitrogens with zero attached hydrogens (tertiary/aromatic N) is 3. The highest BCUT2D eigenvalue weighted by Crippen LogP contribution is 2.16. The Morgan fingerprint density at radius 1 is 1.10 bits per heavy atom. The Morgan fingerprint density at radius 2 is 1.77 bits per heavy atom. The van der Waals surface area contributed by atoms with E-state index in [-0.39, 0.29) is 36.7 Å². The van der Waals surface area contributed by atoms with Crippen LogP contribution < -0.4 is 9.47 Å². The smallest absolute Gasteiger partial charge is 0.417 e. The Bertz CT molecular complexity index is 962. The normalized spacial score (nSPS) is 10.8. The van der Waals surface area contributed by atoms with Gasteiger partial charge in [0, 0.05) is 20.0 Å². The third-order valence-electron chi connectivity index (χ3n) is 4.04. The second-order valence-corrected chi connectivity index (χ2v) is 6.34. The van der Waals surface area contributed by atoms with Crippen LogP contribution in [-0.2, 0) is 17.8 Å². The molecule has 158 valence electrons. The van der Waals surface area contributed by atoms with Gasteiger partial charge in [-0.05, 0) is 35.4 Å². The van der Waals surface area contributed by atoms with Crippen LogP contribution in [0.1, 0.15) is 17.0 Å². The third-order valence-corrected chi connectivity index (χ3v) is 4.04. The standard InChI is InChI=1S/C20H18F3N3O4/c1-26(11-14-4-8-16(9-5-14)29-19(22)23)18(27)12-28-20-24-17(25-30-20)10-13-2-6-15(21)7-3-13/h2-9,19H,10-12H2,1H3. The van der Waals surface area contributed by atoms with Crippen LogP contribution in [0.2, 0.25) is 0 Å². The van der Waals surface area contributed by atoms with E-state index in [4.69, 9.17) is 9.26 Å². The molecule has 30 heavy (non-hydrogen) atoms. The number of alkyl halides is 2. The zero-order valence-corrected chi connectivity index (χ0v) is 15.9. The van der Waals surface area contributed by atoms with Crippen molar-refractivity contribution in [1.82, 2.24) is 15.0 Å². The number of ether oxygens (including phenoxy) is 2. The maximum Gasteiger partial charge on any atom is 0.417 e. The highest BCUT2D eigenvalue weighted by Gasteiger charge is 2.14. The summed E-state index contributed by atoms with van der Waals surface area (Å²) in [6, 6.07) is 11.9. The van der Waals surface area contributed by atoms with Crippen LogP contribution in [0.5, 0.6) is 11.8 Å². The fourth-order valence-corrected chi connectivity index (χ4v) is 2.53. The molecular weight excluding hydrogens is 403 g/mol. The summed E-state index contributed by atoms with van der Waals surface area (Å²) in [5, 5.41) is 3.76. The summed E-state index contributed by atoms with van der Waals surface area (Å²) >= 11 is 0. The van der Waals surface area contributed by atoms with Crippen LogP contribution in [0.15, 0.2) is 53.1 Å². The maximum atomic E-state index is 12.9. The van der Waals surface area contributed by atoms with Crippen LogP contribution in [0.25, 0.3) is 0 Å². The van der Waals surface area contributed by atoms with Crippen molar-refractivity contribution in [3.05, 3.63) is 71.3 Å². The number of hydrogen-bond donors (Lipinski definition) is 0. The summed E-state index contributed by atoms with van der Waals surface area (Å²) < 4.78 is 51.7. The van der Waals surface area contributed by atoms with Gasteiger partial charge in [-0.1, -0.05) is 29.4 Å². The number of carbonyl (C=O) groups is 1. The molecule has 0 unspecified atom stereocenters. The highest BCUT2D eigenvalue weighted by atomic mass is 19.3. The molecule has 1 heterocycles. The number of rotatable bonds is 9. The summed E-state index contributed by atoms with van der Waals surface area (Å²) in [4.78, 5) is 17.7. The van der Waals surface area contributed by atoms with Crippen LogP contribution >= 0.6 is 0 Å². The van der Waals surface area contributed by atoms with Gasteiger partial charge >= 0.3 is 12.7 Å². The summed E-state index contributed by atoms with van der Waals surface area (Å²) in [5.41, 5.74) is 1.52. The summed E-state index contributed by atoms with van der Waals surface area (Å²) in [6.45, 7) is -2.96. The van der Waals surface area contributed by atoms with E-state index in [1.165, 1.54) is 29.2 Å². The van der Waals surface area contributed by atoms with Gasteiger partial charge in [-0.2, -0.15) is 13.8 Å². The average molecular weight is 421 g/mol. The van der Waals surface area contributed by atoms with E-state index in [0.29, 0.717) is 12.2 Å². The van der Waals surface area contributed by atoms with Gasteiger partial charge in [-0.25, -0.2) is 4.39 Å². The van der Waals surface area contributed by atoms with Crippen LogP contribution in [-0.4, -0.2) is 41.2 Å². The lowest BCUT2D eigenvalue weighted by molar-refractivity contribution is -0.133. The van der Waals surface area contributed by atoms with Crippen LogP contribution in [0.3, 0.4) is 0 Å². The molecule has 1 aromatic heterocycles. The second kappa shape index (κ2) is 9.77. The fraction of sp³-hybridized carbons (Fsp3) is 0.250. The minimum Gasteiger partial charge on any atom is -0.439 e. The topological polar surface area (TPSA) is 77.7 Å². The van der Waals surface area contributed by atoms with Crippen molar-refractivity contribution in [2.75, 3.05) is 13.7 Å². The Hall–Kier alpha value is -3.56. The molecular formula is C20H18F3N3O4. The molecule has 0 bridgehead atoms. The zero-order valence-electron chi connectivity index (χ0n) is 15.9. The zero-order chi connectivity index (χ0) is 21.5. The predicted octanol–water partition coefficient (Wildman–Crippen LogP) is 3.44. The van der Waals surface area contributed by atoms with E-state index in [1.807, 2.05) is 0 Å². The van der Waals surface area contributed by atoms with Gasteiger partial charge < -0.3 is 14.4 Å². The SMILES string of the molecule is CN(Cc1ccc(OC(F)F)cc1)C(=O)COc1nc(Cc2ccc(F)cc2)no1. The van der Waals surface area contributed by atoms with Gasteiger partial charge in [0.1, 0.15) is 11.6 Å². The number of halogens is 3. The fourth-order valence-electron chi connectivity index (χ4n) is 2.53. The lowest BCUT2D eigenvalue weighted by Gasteiger charge is -2.17. The molecule has 7 nitrogen and oxygen atoms in total.